The smallest absolute Gasteiger partial charge is 0.161 e. The van der Waals surface area contributed by atoms with Gasteiger partial charge in [0.2, 0.25) is 0 Å². The number of methoxy groups -OCH3 is 1. The number of benzene rings is 2. The normalized spacial score (nSPS) is 30.5. The first-order valence-electron chi connectivity index (χ1n) is 14.3. The number of aliphatic hydroxyl groups is 1. The summed E-state index contributed by atoms with van der Waals surface area (Å²) in [6.45, 7) is 8.01. The number of nitrogens with zero attached hydrogens (tertiary/aromatic N) is 2. The molecular formula is C31H45N3O4. The molecule has 2 saturated heterocycles. The Balaban J connectivity index is 1.20. The van der Waals surface area contributed by atoms with Gasteiger partial charge in [0, 0.05) is 49.7 Å². The Morgan fingerprint density at radius 3 is 2.63 bits per heavy atom. The molecule has 2 heterocycles. The monoisotopic (exact) mass is 523 g/mol. The van der Waals surface area contributed by atoms with E-state index in [0.29, 0.717) is 25.2 Å². The number of morpholine rings is 1. The van der Waals surface area contributed by atoms with E-state index in [2.05, 4.69) is 71.6 Å². The van der Waals surface area contributed by atoms with Crippen LogP contribution in [0, 0.1) is 5.41 Å². The largest absolute Gasteiger partial charge is 0.493 e. The van der Waals surface area contributed by atoms with Crippen molar-refractivity contribution >= 4 is 0 Å². The molecule has 0 aromatic heterocycles. The van der Waals surface area contributed by atoms with E-state index in [1.54, 1.807) is 7.11 Å². The molecule has 2 aromatic rings. The van der Waals surface area contributed by atoms with E-state index in [1.807, 2.05) is 6.07 Å². The highest BCUT2D eigenvalue weighted by Crippen LogP contribution is 2.52. The lowest BCUT2D eigenvalue weighted by Gasteiger charge is -2.39. The first-order valence-corrected chi connectivity index (χ1v) is 14.3. The Labute approximate surface area is 228 Å². The number of nitrogens with one attached hydrogen (secondary N) is 1. The average molecular weight is 524 g/mol. The molecule has 3 fully saturated rings. The van der Waals surface area contributed by atoms with Gasteiger partial charge in [0.1, 0.15) is 6.61 Å². The van der Waals surface area contributed by atoms with Crippen LogP contribution in [0.25, 0.3) is 0 Å². The lowest BCUT2D eigenvalue weighted by atomic mass is 9.74. The molecule has 2 aromatic carbocycles. The zero-order valence-corrected chi connectivity index (χ0v) is 23.3. The van der Waals surface area contributed by atoms with Gasteiger partial charge in [-0.05, 0) is 49.6 Å². The van der Waals surface area contributed by atoms with Crippen LogP contribution in [-0.2, 0) is 11.3 Å². The fourth-order valence-electron chi connectivity index (χ4n) is 6.92. The SMILES string of the molecule is COc1cc(CN[C@@H]2CCC[C@H]3N(C)[C@@H](c4ccccc4)C[C@@]3(C)[C@H]2O)ccc1OCCN1CCOCC1. The summed E-state index contributed by atoms with van der Waals surface area (Å²) in [6.07, 6.45) is 3.78. The number of likely N-dealkylation sites (tertiary alicyclic amines) is 1. The van der Waals surface area contributed by atoms with Crippen LogP contribution in [0.1, 0.15) is 49.8 Å². The van der Waals surface area contributed by atoms with Crippen LogP contribution in [0.4, 0.5) is 0 Å². The molecule has 7 heteroatoms. The summed E-state index contributed by atoms with van der Waals surface area (Å²) in [5, 5.41) is 15.5. The van der Waals surface area contributed by atoms with Gasteiger partial charge in [-0.25, -0.2) is 0 Å². The predicted octanol–water partition coefficient (Wildman–Crippen LogP) is 3.86. The second kappa shape index (κ2) is 12.3. The zero-order chi connectivity index (χ0) is 26.5. The maximum Gasteiger partial charge on any atom is 0.161 e. The molecule has 0 radical (unpaired) electrons. The van der Waals surface area contributed by atoms with E-state index < -0.39 is 6.10 Å². The second-order valence-electron chi connectivity index (χ2n) is 11.5. The summed E-state index contributed by atoms with van der Waals surface area (Å²) in [5.41, 5.74) is 2.32. The van der Waals surface area contributed by atoms with E-state index in [0.717, 1.165) is 75.6 Å². The van der Waals surface area contributed by atoms with E-state index >= 15 is 0 Å². The van der Waals surface area contributed by atoms with Crippen molar-refractivity contribution in [1.82, 2.24) is 15.1 Å². The summed E-state index contributed by atoms with van der Waals surface area (Å²) in [6, 6.07) is 17.7. The zero-order valence-electron chi connectivity index (χ0n) is 23.3. The van der Waals surface area contributed by atoms with Crippen molar-refractivity contribution in [3.63, 3.8) is 0 Å². The average Bonchev–Trinajstić information content (AvgIpc) is 3.14. The number of ether oxygens (including phenoxy) is 3. The van der Waals surface area contributed by atoms with Crippen molar-refractivity contribution in [2.45, 2.75) is 63.4 Å². The maximum absolute atomic E-state index is 11.7. The van der Waals surface area contributed by atoms with Gasteiger partial charge in [-0.2, -0.15) is 0 Å². The minimum absolute atomic E-state index is 0.0587. The molecule has 0 spiro atoms. The quantitative estimate of drug-likeness (QED) is 0.517. The van der Waals surface area contributed by atoms with Crippen molar-refractivity contribution in [1.29, 1.82) is 0 Å². The van der Waals surface area contributed by atoms with Crippen LogP contribution in [0.5, 0.6) is 11.5 Å². The third kappa shape index (κ3) is 5.87. The van der Waals surface area contributed by atoms with Crippen molar-refractivity contribution in [3.05, 3.63) is 59.7 Å². The van der Waals surface area contributed by atoms with Crippen LogP contribution >= 0.6 is 0 Å². The van der Waals surface area contributed by atoms with Gasteiger partial charge in [-0.3, -0.25) is 9.80 Å². The van der Waals surface area contributed by atoms with E-state index in [-0.39, 0.29) is 11.5 Å². The Morgan fingerprint density at radius 2 is 1.87 bits per heavy atom. The highest BCUT2D eigenvalue weighted by Gasteiger charge is 2.54. The number of hydrogen-bond donors (Lipinski definition) is 2. The van der Waals surface area contributed by atoms with Crippen LogP contribution < -0.4 is 14.8 Å². The van der Waals surface area contributed by atoms with Crippen molar-refractivity contribution in [3.8, 4) is 11.5 Å². The molecule has 1 aliphatic carbocycles. The molecule has 5 rings (SSSR count). The van der Waals surface area contributed by atoms with Crippen LogP contribution in [-0.4, -0.2) is 86.7 Å². The van der Waals surface area contributed by atoms with Crippen LogP contribution in [0.2, 0.25) is 0 Å². The number of aliphatic hydroxyl groups excluding tert-OH is 1. The standard InChI is InChI=1S/C31H45N3O4/c1-31-21-26(24-8-5-4-6-9-24)33(2)29(31)11-7-10-25(30(31)35)32-22-23-12-13-27(28(20-23)36-3)38-19-16-34-14-17-37-18-15-34/h4-6,8-9,12-13,20,25-26,29-30,32,35H,7,10-11,14-19,21-22H2,1-3H3/t25-,26-,29-,30+,31-/m1/s1. The van der Waals surface area contributed by atoms with Crippen LogP contribution in [0.15, 0.2) is 48.5 Å². The van der Waals surface area contributed by atoms with Gasteiger partial charge in [-0.15, -0.1) is 0 Å². The first-order chi connectivity index (χ1) is 18.5. The Bertz CT molecular complexity index is 1030. The van der Waals surface area contributed by atoms with Gasteiger partial charge in [-0.1, -0.05) is 49.7 Å². The van der Waals surface area contributed by atoms with Gasteiger partial charge in [0.15, 0.2) is 11.5 Å². The summed E-state index contributed by atoms with van der Waals surface area (Å²) in [4.78, 5) is 4.88. The molecule has 0 bridgehead atoms. The van der Waals surface area contributed by atoms with E-state index in [1.165, 1.54) is 5.56 Å². The second-order valence-corrected chi connectivity index (χ2v) is 11.5. The predicted molar refractivity (Wildman–Crippen MR) is 150 cm³/mol. The van der Waals surface area contributed by atoms with Gasteiger partial charge < -0.3 is 24.6 Å². The minimum Gasteiger partial charge on any atom is -0.493 e. The fraction of sp³-hybridized carbons (Fsp3) is 0.613. The third-order valence-corrected chi connectivity index (χ3v) is 9.18. The number of fused-ring (bicyclic) bond motifs is 1. The molecule has 208 valence electrons. The van der Waals surface area contributed by atoms with E-state index in [9.17, 15) is 5.11 Å². The highest BCUT2D eigenvalue weighted by atomic mass is 16.5. The molecule has 2 N–H and O–H groups in total. The molecule has 0 amide bonds. The topological polar surface area (TPSA) is 66.4 Å². The van der Waals surface area contributed by atoms with Crippen molar-refractivity contribution < 1.29 is 19.3 Å². The number of hydrogen-bond acceptors (Lipinski definition) is 7. The summed E-state index contributed by atoms with van der Waals surface area (Å²) in [5.74, 6) is 1.53. The van der Waals surface area contributed by atoms with Crippen molar-refractivity contribution in [2.24, 2.45) is 5.41 Å². The summed E-state index contributed by atoms with van der Waals surface area (Å²) < 4.78 is 17.1. The van der Waals surface area contributed by atoms with Gasteiger partial charge in [0.05, 0.1) is 26.4 Å². The Kier molecular flexibility index (Phi) is 8.91. The Morgan fingerprint density at radius 1 is 1.08 bits per heavy atom. The number of rotatable bonds is 9. The summed E-state index contributed by atoms with van der Waals surface area (Å²) in [7, 11) is 3.93. The van der Waals surface area contributed by atoms with Gasteiger partial charge in [0.25, 0.3) is 0 Å². The van der Waals surface area contributed by atoms with Crippen LogP contribution in [0.3, 0.4) is 0 Å². The molecule has 38 heavy (non-hydrogen) atoms. The summed E-state index contributed by atoms with van der Waals surface area (Å²) >= 11 is 0. The highest BCUT2D eigenvalue weighted by molar-refractivity contribution is 5.43. The van der Waals surface area contributed by atoms with E-state index in [4.69, 9.17) is 14.2 Å². The molecule has 5 atom stereocenters. The lowest BCUT2D eigenvalue weighted by Crippen LogP contribution is -2.51. The fourth-order valence-corrected chi connectivity index (χ4v) is 6.92. The molecule has 0 unspecified atom stereocenters. The lowest BCUT2D eigenvalue weighted by molar-refractivity contribution is -0.00456. The molecule has 2 aliphatic heterocycles. The first kappa shape index (κ1) is 27.4. The maximum atomic E-state index is 11.7. The molecule has 3 aliphatic rings. The Hall–Kier alpha value is -2.16. The van der Waals surface area contributed by atoms with Gasteiger partial charge >= 0.3 is 0 Å². The van der Waals surface area contributed by atoms with Crippen molar-refractivity contribution in [2.75, 3.05) is 53.6 Å². The molecular weight excluding hydrogens is 478 g/mol. The molecule has 7 nitrogen and oxygen atoms in total. The minimum atomic E-state index is -0.407. The molecule has 1 saturated carbocycles. The third-order valence-electron chi connectivity index (χ3n) is 9.18.